The fourth-order valence-corrected chi connectivity index (χ4v) is 2.21. The first-order chi connectivity index (χ1) is 7.71. The van der Waals surface area contributed by atoms with Crippen molar-refractivity contribution in [3.63, 3.8) is 0 Å². The van der Waals surface area contributed by atoms with Crippen LogP contribution in [0, 0.1) is 5.41 Å². The summed E-state index contributed by atoms with van der Waals surface area (Å²) in [4.78, 5) is 4.30. The number of aryl methyl sites for hydroxylation is 1. The number of halogens is 1. The van der Waals surface area contributed by atoms with Crippen LogP contribution in [0.4, 0.5) is 5.95 Å². The van der Waals surface area contributed by atoms with Gasteiger partial charge in [0.1, 0.15) is 0 Å². The fourth-order valence-electron chi connectivity index (χ4n) is 1.73. The Balaban J connectivity index is 2.62. The molecule has 0 unspecified atom stereocenters. The highest BCUT2D eigenvalue weighted by Crippen LogP contribution is 2.28. The van der Waals surface area contributed by atoms with E-state index in [1.54, 1.807) is 0 Å². The number of hydrogen-bond acceptors (Lipinski definition) is 2. The second kappa shape index (κ2) is 6.14. The van der Waals surface area contributed by atoms with Gasteiger partial charge in [0.15, 0.2) is 0 Å². The Kier molecular flexibility index (Phi) is 5.13. The highest BCUT2D eigenvalue weighted by Gasteiger charge is 2.25. The molecule has 0 amide bonds. The van der Waals surface area contributed by atoms with Gasteiger partial charge in [0.25, 0.3) is 0 Å². The smallest absolute Gasteiger partial charge is 0.202 e. The second-order valence-corrected chi connectivity index (χ2v) is 4.50. The van der Waals surface area contributed by atoms with Crippen LogP contribution in [0.15, 0.2) is 12.4 Å². The van der Waals surface area contributed by atoms with Crippen molar-refractivity contribution in [2.24, 2.45) is 5.41 Å². The van der Waals surface area contributed by atoms with Crippen molar-refractivity contribution in [2.45, 2.75) is 40.2 Å². The zero-order valence-corrected chi connectivity index (χ0v) is 11.2. The monoisotopic (exact) mass is 243 g/mol. The molecule has 92 valence electrons. The maximum Gasteiger partial charge on any atom is 0.202 e. The average Bonchev–Trinajstić information content (AvgIpc) is 2.79. The molecule has 0 spiro atoms. The first-order valence-corrected chi connectivity index (χ1v) is 6.55. The quantitative estimate of drug-likeness (QED) is 0.745. The van der Waals surface area contributed by atoms with E-state index >= 15 is 0 Å². The minimum absolute atomic E-state index is 0.187. The Bertz CT molecular complexity index is 297. The molecule has 1 heterocycles. The summed E-state index contributed by atoms with van der Waals surface area (Å²) >= 11 is 6.07. The van der Waals surface area contributed by atoms with Crippen molar-refractivity contribution in [2.75, 3.05) is 17.7 Å². The predicted octanol–water partition coefficient (Wildman–Crippen LogP) is 3.36. The van der Waals surface area contributed by atoms with E-state index in [1.165, 1.54) is 0 Å². The molecule has 0 aliphatic heterocycles. The summed E-state index contributed by atoms with van der Waals surface area (Å²) in [5, 5.41) is 3.41. The lowest BCUT2D eigenvalue weighted by Crippen LogP contribution is -2.31. The zero-order valence-electron chi connectivity index (χ0n) is 10.5. The second-order valence-electron chi connectivity index (χ2n) is 4.23. The van der Waals surface area contributed by atoms with Crippen LogP contribution in [0.2, 0.25) is 0 Å². The number of alkyl halides is 1. The standard InChI is InChI=1S/C12H22ClN3/c1-4-12(5-2,9-13)10-15-11-14-7-8-16(11)6-3/h7-8H,4-6,9-10H2,1-3H3,(H,14,15). The van der Waals surface area contributed by atoms with Crippen molar-refractivity contribution in [1.82, 2.24) is 9.55 Å². The number of hydrogen-bond donors (Lipinski definition) is 1. The van der Waals surface area contributed by atoms with Gasteiger partial charge in [0.05, 0.1) is 0 Å². The molecule has 0 fully saturated rings. The molecule has 0 saturated heterocycles. The third-order valence-corrected chi connectivity index (χ3v) is 4.03. The molecule has 0 aliphatic carbocycles. The minimum Gasteiger partial charge on any atom is -0.355 e. The van der Waals surface area contributed by atoms with Gasteiger partial charge in [-0.2, -0.15) is 0 Å². The largest absolute Gasteiger partial charge is 0.355 e. The molecular weight excluding hydrogens is 222 g/mol. The summed E-state index contributed by atoms with van der Waals surface area (Å²) in [6.07, 6.45) is 5.99. The van der Waals surface area contributed by atoms with E-state index in [0.29, 0.717) is 5.88 Å². The highest BCUT2D eigenvalue weighted by molar-refractivity contribution is 6.18. The molecule has 0 aromatic carbocycles. The van der Waals surface area contributed by atoms with Gasteiger partial charge in [-0.15, -0.1) is 11.6 Å². The molecule has 1 rings (SSSR count). The summed E-state index contributed by atoms with van der Waals surface area (Å²) < 4.78 is 2.10. The summed E-state index contributed by atoms with van der Waals surface area (Å²) in [6, 6.07) is 0. The molecule has 1 N–H and O–H groups in total. The zero-order chi connectivity index (χ0) is 12.0. The van der Waals surface area contributed by atoms with Gasteiger partial charge in [-0.1, -0.05) is 13.8 Å². The topological polar surface area (TPSA) is 29.9 Å². The van der Waals surface area contributed by atoms with Crippen molar-refractivity contribution in [3.8, 4) is 0 Å². The maximum atomic E-state index is 6.07. The summed E-state index contributed by atoms with van der Waals surface area (Å²) in [7, 11) is 0. The van der Waals surface area contributed by atoms with Crippen molar-refractivity contribution in [3.05, 3.63) is 12.4 Å². The lowest BCUT2D eigenvalue weighted by Gasteiger charge is -2.29. The van der Waals surface area contributed by atoms with E-state index in [4.69, 9.17) is 11.6 Å². The van der Waals surface area contributed by atoms with Gasteiger partial charge in [-0.05, 0) is 19.8 Å². The van der Waals surface area contributed by atoms with Gasteiger partial charge in [0, 0.05) is 36.8 Å². The molecule has 3 nitrogen and oxygen atoms in total. The van der Waals surface area contributed by atoms with Crippen LogP contribution in [0.25, 0.3) is 0 Å². The van der Waals surface area contributed by atoms with Crippen molar-refractivity contribution in [1.29, 1.82) is 0 Å². The number of imidazole rings is 1. The lowest BCUT2D eigenvalue weighted by atomic mass is 9.84. The minimum atomic E-state index is 0.187. The molecule has 0 radical (unpaired) electrons. The van der Waals surface area contributed by atoms with Crippen LogP contribution in [-0.4, -0.2) is 22.0 Å². The first-order valence-electron chi connectivity index (χ1n) is 6.02. The number of anilines is 1. The van der Waals surface area contributed by atoms with Crippen LogP contribution in [0.3, 0.4) is 0 Å². The molecular formula is C12H22ClN3. The van der Waals surface area contributed by atoms with Gasteiger partial charge in [-0.25, -0.2) is 4.98 Å². The molecule has 1 aromatic rings. The average molecular weight is 244 g/mol. The summed E-state index contributed by atoms with van der Waals surface area (Å²) in [5.74, 6) is 1.64. The van der Waals surface area contributed by atoms with E-state index in [2.05, 4.69) is 35.6 Å². The Morgan fingerprint density at radius 3 is 2.56 bits per heavy atom. The van der Waals surface area contributed by atoms with Crippen molar-refractivity contribution >= 4 is 17.5 Å². The molecule has 1 aromatic heterocycles. The lowest BCUT2D eigenvalue weighted by molar-refractivity contribution is 0.326. The third-order valence-electron chi connectivity index (χ3n) is 3.46. The first kappa shape index (κ1) is 13.4. The summed E-state index contributed by atoms with van der Waals surface area (Å²) in [5.41, 5.74) is 0.187. The SMILES string of the molecule is CCn1ccnc1NCC(CC)(CC)CCl. The Labute approximate surface area is 103 Å². The van der Waals surface area contributed by atoms with Crippen LogP contribution in [0.1, 0.15) is 33.6 Å². The van der Waals surface area contributed by atoms with Crippen LogP contribution in [-0.2, 0) is 6.54 Å². The molecule has 4 heteroatoms. The Morgan fingerprint density at radius 2 is 2.06 bits per heavy atom. The Hall–Kier alpha value is -0.700. The van der Waals surface area contributed by atoms with Gasteiger partial charge in [0.2, 0.25) is 5.95 Å². The molecule has 0 atom stereocenters. The summed E-state index contributed by atoms with van der Waals surface area (Å²) in [6.45, 7) is 8.33. The van der Waals surface area contributed by atoms with E-state index in [0.717, 1.165) is 31.9 Å². The van der Waals surface area contributed by atoms with E-state index in [9.17, 15) is 0 Å². The fraction of sp³-hybridized carbons (Fsp3) is 0.750. The number of rotatable bonds is 7. The van der Waals surface area contributed by atoms with Crippen LogP contribution in [0.5, 0.6) is 0 Å². The molecule has 0 saturated carbocycles. The highest BCUT2D eigenvalue weighted by atomic mass is 35.5. The van der Waals surface area contributed by atoms with E-state index in [1.807, 2.05) is 12.4 Å². The van der Waals surface area contributed by atoms with Crippen LogP contribution < -0.4 is 5.32 Å². The molecule has 16 heavy (non-hydrogen) atoms. The third kappa shape index (κ3) is 2.91. The number of nitrogens with zero attached hydrogens (tertiary/aromatic N) is 2. The number of aromatic nitrogens is 2. The Morgan fingerprint density at radius 1 is 1.38 bits per heavy atom. The molecule has 0 bridgehead atoms. The van der Waals surface area contributed by atoms with E-state index < -0.39 is 0 Å². The van der Waals surface area contributed by atoms with Gasteiger partial charge < -0.3 is 9.88 Å². The normalized spacial score (nSPS) is 11.8. The van der Waals surface area contributed by atoms with Crippen LogP contribution >= 0.6 is 11.6 Å². The van der Waals surface area contributed by atoms with E-state index in [-0.39, 0.29) is 5.41 Å². The van der Waals surface area contributed by atoms with Gasteiger partial charge in [-0.3, -0.25) is 0 Å². The molecule has 0 aliphatic rings. The number of nitrogens with one attached hydrogen (secondary N) is 1. The maximum absolute atomic E-state index is 6.07. The predicted molar refractivity (Wildman–Crippen MR) is 70.1 cm³/mol. The van der Waals surface area contributed by atoms with Crippen molar-refractivity contribution < 1.29 is 0 Å². The van der Waals surface area contributed by atoms with Gasteiger partial charge >= 0.3 is 0 Å².